The summed E-state index contributed by atoms with van der Waals surface area (Å²) < 4.78 is 2.12. The zero-order valence-corrected chi connectivity index (χ0v) is 18.1. The maximum absolute atomic E-state index is 4.81. The molecule has 2 aromatic heterocycles. The van der Waals surface area contributed by atoms with E-state index in [1.165, 1.54) is 16.7 Å². The minimum Gasteiger partial charge on any atom is -0.298 e. The summed E-state index contributed by atoms with van der Waals surface area (Å²) in [5.74, 6) is 1.63. The number of nitrogens with zero attached hydrogens (tertiary/aromatic N) is 4. The number of hydrogen-bond donors (Lipinski definition) is 0. The van der Waals surface area contributed by atoms with Gasteiger partial charge in [-0.3, -0.25) is 4.57 Å². The fraction of sp³-hybridized carbons (Fsp3) is 0.174. The highest BCUT2D eigenvalue weighted by molar-refractivity contribution is 7.98. The predicted octanol–water partition coefficient (Wildman–Crippen LogP) is 6.16. The molecule has 4 nitrogen and oxygen atoms in total. The third-order valence-electron chi connectivity index (χ3n) is 4.58. The molecule has 0 radical (unpaired) electrons. The van der Waals surface area contributed by atoms with Gasteiger partial charge in [-0.15, -0.1) is 28.1 Å². The van der Waals surface area contributed by atoms with Crippen LogP contribution in [0.2, 0.25) is 0 Å². The van der Waals surface area contributed by atoms with Crippen LogP contribution in [0.4, 0.5) is 0 Å². The first-order valence-electron chi connectivity index (χ1n) is 9.40. The molecule has 0 fully saturated rings. The fourth-order valence-corrected chi connectivity index (χ4v) is 4.90. The molecule has 0 aliphatic heterocycles. The van der Waals surface area contributed by atoms with Crippen molar-refractivity contribution in [3.8, 4) is 22.0 Å². The van der Waals surface area contributed by atoms with E-state index in [0.29, 0.717) is 6.54 Å². The number of benzene rings is 2. The van der Waals surface area contributed by atoms with Crippen molar-refractivity contribution in [3.63, 3.8) is 0 Å². The van der Waals surface area contributed by atoms with Gasteiger partial charge in [0.2, 0.25) is 0 Å². The highest BCUT2D eigenvalue weighted by Crippen LogP contribution is 2.30. The fourth-order valence-electron chi connectivity index (χ4n) is 3.13. The SMILES string of the molecule is C=CCn1c(SCc2csc(-c3cccc(C)c3)n2)nnc1-c1ccccc1C. The Morgan fingerprint density at radius 1 is 1.10 bits per heavy atom. The van der Waals surface area contributed by atoms with Crippen LogP contribution < -0.4 is 0 Å². The van der Waals surface area contributed by atoms with Crippen molar-refractivity contribution < 1.29 is 0 Å². The lowest BCUT2D eigenvalue weighted by molar-refractivity contribution is 0.730. The van der Waals surface area contributed by atoms with Gasteiger partial charge in [0.25, 0.3) is 0 Å². The average Bonchev–Trinajstić information content (AvgIpc) is 3.35. The third-order valence-corrected chi connectivity index (χ3v) is 6.52. The Bertz CT molecular complexity index is 1140. The molecule has 29 heavy (non-hydrogen) atoms. The molecule has 4 aromatic rings. The summed E-state index contributed by atoms with van der Waals surface area (Å²) >= 11 is 3.34. The van der Waals surface area contributed by atoms with Gasteiger partial charge in [-0.2, -0.15) is 0 Å². The summed E-state index contributed by atoms with van der Waals surface area (Å²) in [6, 6.07) is 16.7. The van der Waals surface area contributed by atoms with Crippen LogP contribution in [0.25, 0.3) is 22.0 Å². The quantitative estimate of drug-likeness (QED) is 0.266. The van der Waals surface area contributed by atoms with E-state index in [9.17, 15) is 0 Å². The van der Waals surface area contributed by atoms with Gasteiger partial charge in [0.1, 0.15) is 5.01 Å². The Morgan fingerprint density at radius 3 is 2.76 bits per heavy atom. The second kappa shape index (κ2) is 8.76. The molecule has 0 bridgehead atoms. The van der Waals surface area contributed by atoms with Crippen molar-refractivity contribution in [1.82, 2.24) is 19.7 Å². The number of aryl methyl sites for hydroxylation is 2. The number of thiazole rings is 1. The van der Waals surface area contributed by atoms with Crippen LogP contribution in [0.5, 0.6) is 0 Å². The van der Waals surface area contributed by atoms with E-state index in [2.05, 4.69) is 77.0 Å². The molecule has 0 saturated heterocycles. The number of hydrogen-bond acceptors (Lipinski definition) is 5. The zero-order valence-electron chi connectivity index (χ0n) is 16.5. The zero-order chi connectivity index (χ0) is 20.2. The van der Waals surface area contributed by atoms with Crippen molar-refractivity contribution >= 4 is 23.1 Å². The number of thioether (sulfide) groups is 1. The summed E-state index contributed by atoms with van der Waals surface area (Å²) in [6.45, 7) is 8.77. The second-order valence-corrected chi connectivity index (χ2v) is 8.62. The Kier molecular flexibility index (Phi) is 5.92. The molecule has 0 aliphatic rings. The normalized spacial score (nSPS) is 11.0. The van der Waals surface area contributed by atoms with Crippen LogP contribution >= 0.6 is 23.1 Å². The van der Waals surface area contributed by atoms with Crippen molar-refractivity contribution in [1.29, 1.82) is 0 Å². The summed E-state index contributed by atoms with van der Waals surface area (Å²) in [5.41, 5.74) is 5.76. The molecule has 0 atom stereocenters. The lowest BCUT2D eigenvalue weighted by atomic mass is 10.1. The summed E-state index contributed by atoms with van der Waals surface area (Å²) in [4.78, 5) is 4.81. The molecule has 0 amide bonds. The first-order valence-corrected chi connectivity index (χ1v) is 11.3. The number of aromatic nitrogens is 4. The second-order valence-electron chi connectivity index (χ2n) is 6.82. The minimum atomic E-state index is 0.671. The van der Waals surface area contributed by atoms with E-state index in [1.54, 1.807) is 23.1 Å². The van der Waals surface area contributed by atoms with Gasteiger partial charge in [-0.25, -0.2) is 4.98 Å². The molecule has 6 heteroatoms. The largest absolute Gasteiger partial charge is 0.298 e. The molecule has 0 unspecified atom stereocenters. The van der Waals surface area contributed by atoms with Crippen molar-refractivity contribution in [2.45, 2.75) is 31.3 Å². The van der Waals surface area contributed by atoms with E-state index in [-0.39, 0.29) is 0 Å². The van der Waals surface area contributed by atoms with Gasteiger partial charge in [0.15, 0.2) is 11.0 Å². The van der Waals surface area contributed by atoms with Crippen LogP contribution in [0.15, 0.2) is 71.7 Å². The number of rotatable bonds is 7. The van der Waals surface area contributed by atoms with E-state index in [0.717, 1.165) is 33.0 Å². The summed E-state index contributed by atoms with van der Waals surface area (Å²) in [6.07, 6.45) is 1.88. The third kappa shape index (κ3) is 4.33. The van der Waals surface area contributed by atoms with Gasteiger partial charge in [0, 0.05) is 28.8 Å². The lowest BCUT2D eigenvalue weighted by Crippen LogP contribution is -2.01. The number of allylic oxidation sites excluding steroid dienone is 1. The van der Waals surface area contributed by atoms with Crippen molar-refractivity contribution in [3.05, 3.63) is 83.4 Å². The first-order chi connectivity index (χ1) is 14.2. The molecule has 2 aromatic carbocycles. The van der Waals surface area contributed by atoms with Gasteiger partial charge in [-0.1, -0.05) is 65.9 Å². The Hall–Kier alpha value is -2.70. The smallest absolute Gasteiger partial charge is 0.192 e. The maximum Gasteiger partial charge on any atom is 0.192 e. The van der Waals surface area contributed by atoms with Crippen molar-refractivity contribution in [2.24, 2.45) is 0 Å². The molecular formula is C23H22N4S2. The molecule has 146 valence electrons. The molecule has 0 spiro atoms. The summed E-state index contributed by atoms with van der Waals surface area (Å²) in [7, 11) is 0. The molecule has 4 rings (SSSR count). The van der Waals surface area contributed by atoms with Gasteiger partial charge >= 0.3 is 0 Å². The first kappa shape index (κ1) is 19.6. The van der Waals surface area contributed by atoms with E-state index in [4.69, 9.17) is 4.98 Å². The molecule has 2 heterocycles. The highest BCUT2D eigenvalue weighted by atomic mass is 32.2. The maximum atomic E-state index is 4.81. The summed E-state index contributed by atoms with van der Waals surface area (Å²) in [5, 5.41) is 13.0. The Labute approximate surface area is 179 Å². The molecule has 0 aliphatic carbocycles. The molecule has 0 N–H and O–H groups in total. The van der Waals surface area contributed by atoms with Crippen molar-refractivity contribution in [2.75, 3.05) is 0 Å². The van der Waals surface area contributed by atoms with Crippen LogP contribution in [0, 0.1) is 13.8 Å². The predicted molar refractivity (Wildman–Crippen MR) is 122 cm³/mol. The standard InChI is InChI=1S/C23H22N4S2/c1-4-12-27-21(20-11-6-5-9-17(20)3)25-26-23(27)29-15-19-14-28-22(24-19)18-10-7-8-16(2)13-18/h4-11,13-14H,1,12,15H2,2-3H3. The van der Waals surface area contributed by atoms with E-state index >= 15 is 0 Å². The molecule has 0 saturated carbocycles. The van der Waals surface area contributed by atoms with Crippen LogP contribution in [0.1, 0.15) is 16.8 Å². The Morgan fingerprint density at radius 2 is 1.97 bits per heavy atom. The van der Waals surface area contributed by atoms with E-state index in [1.807, 2.05) is 18.2 Å². The molecular weight excluding hydrogens is 396 g/mol. The van der Waals surface area contributed by atoms with Gasteiger partial charge < -0.3 is 0 Å². The van der Waals surface area contributed by atoms with Gasteiger partial charge in [0.05, 0.1) is 5.69 Å². The monoisotopic (exact) mass is 418 g/mol. The Balaban J connectivity index is 1.55. The topological polar surface area (TPSA) is 43.6 Å². The van der Waals surface area contributed by atoms with Crippen LogP contribution in [-0.2, 0) is 12.3 Å². The highest BCUT2D eigenvalue weighted by Gasteiger charge is 2.15. The van der Waals surface area contributed by atoms with Crippen LogP contribution in [0.3, 0.4) is 0 Å². The van der Waals surface area contributed by atoms with E-state index < -0.39 is 0 Å². The average molecular weight is 419 g/mol. The van der Waals surface area contributed by atoms with Crippen LogP contribution in [-0.4, -0.2) is 19.7 Å². The van der Waals surface area contributed by atoms with Gasteiger partial charge in [-0.05, 0) is 25.5 Å². The lowest BCUT2D eigenvalue weighted by Gasteiger charge is -2.09. The minimum absolute atomic E-state index is 0.671.